The highest BCUT2D eigenvalue weighted by atomic mass is 35.5. The molecule has 7 nitrogen and oxygen atoms in total. The lowest BCUT2D eigenvalue weighted by atomic mass is 9.90. The van der Waals surface area contributed by atoms with Gasteiger partial charge in [0, 0.05) is 12.1 Å². The van der Waals surface area contributed by atoms with Crippen molar-refractivity contribution in [1.29, 1.82) is 0 Å². The minimum Gasteiger partial charge on any atom is -0.348 e. The lowest BCUT2D eigenvalue weighted by Gasteiger charge is -2.31. The SMILES string of the molecule is CC(C)CC(C)(CN)NC(=O)CN1C(=O)NC(C)(c2ccc(F)cc2)C1=O.Cl. The molecule has 28 heavy (non-hydrogen) atoms. The van der Waals surface area contributed by atoms with Crippen LogP contribution in [0.2, 0.25) is 0 Å². The topological polar surface area (TPSA) is 105 Å². The molecule has 1 aromatic carbocycles. The number of imide groups is 1. The molecule has 2 rings (SSSR count). The number of carbonyl (C=O) groups is 3. The molecule has 2 unspecified atom stereocenters. The van der Waals surface area contributed by atoms with Crippen molar-refractivity contribution in [3.63, 3.8) is 0 Å². The Morgan fingerprint density at radius 2 is 1.89 bits per heavy atom. The zero-order valence-corrected chi connectivity index (χ0v) is 17.4. The number of rotatable bonds is 7. The van der Waals surface area contributed by atoms with Gasteiger partial charge in [-0.1, -0.05) is 26.0 Å². The van der Waals surface area contributed by atoms with E-state index in [1.54, 1.807) is 0 Å². The highest BCUT2D eigenvalue weighted by Crippen LogP contribution is 2.28. The Hall–Kier alpha value is -2.19. The van der Waals surface area contributed by atoms with Gasteiger partial charge in [-0.15, -0.1) is 12.4 Å². The molecule has 1 aliphatic heterocycles. The Morgan fingerprint density at radius 1 is 1.32 bits per heavy atom. The van der Waals surface area contributed by atoms with Crippen molar-refractivity contribution < 1.29 is 18.8 Å². The van der Waals surface area contributed by atoms with Gasteiger partial charge in [-0.3, -0.25) is 14.5 Å². The van der Waals surface area contributed by atoms with E-state index in [4.69, 9.17) is 5.73 Å². The molecule has 0 aliphatic carbocycles. The predicted octanol–water partition coefficient (Wildman–Crippen LogP) is 1.89. The van der Waals surface area contributed by atoms with Crippen molar-refractivity contribution in [2.24, 2.45) is 11.7 Å². The molecule has 9 heteroatoms. The Bertz CT molecular complexity index is 743. The van der Waals surface area contributed by atoms with Crippen LogP contribution < -0.4 is 16.4 Å². The first-order chi connectivity index (χ1) is 12.5. The number of urea groups is 1. The monoisotopic (exact) mass is 414 g/mol. The van der Waals surface area contributed by atoms with Crippen molar-refractivity contribution in [3.8, 4) is 0 Å². The van der Waals surface area contributed by atoms with E-state index >= 15 is 0 Å². The summed E-state index contributed by atoms with van der Waals surface area (Å²) < 4.78 is 13.2. The van der Waals surface area contributed by atoms with Crippen molar-refractivity contribution in [2.75, 3.05) is 13.1 Å². The Kier molecular flexibility index (Phi) is 7.56. The number of benzene rings is 1. The second kappa shape index (κ2) is 8.87. The van der Waals surface area contributed by atoms with E-state index in [0.29, 0.717) is 17.9 Å². The molecular weight excluding hydrogens is 387 g/mol. The van der Waals surface area contributed by atoms with Crippen molar-refractivity contribution in [1.82, 2.24) is 15.5 Å². The minimum absolute atomic E-state index is 0. The highest BCUT2D eigenvalue weighted by molar-refractivity contribution is 6.09. The maximum absolute atomic E-state index is 13.2. The van der Waals surface area contributed by atoms with Crippen molar-refractivity contribution in [2.45, 2.75) is 45.2 Å². The van der Waals surface area contributed by atoms with Crippen LogP contribution in [0.3, 0.4) is 0 Å². The summed E-state index contributed by atoms with van der Waals surface area (Å²) in [6.45, 7) is 7.23. The number of halogens is 2. The lowest BCUT2D eigenvalue weighted by molar-refractivity contribution is -0.135. The number of hydrogen-bond acceptors (Lipinski definition) is 4. The molecule has 1 fully saturated rings. The van der Waals surface area contributed by atoms with E-state index < -0.39 is 41.3 Å². The van der Waals surface area contributed by atoms with Gasteiger partial charge in [-0.05, 0) is 43.9 Å². The molecule has 0 spiro atoms. The van der Waals surface area contributed by atoms with Crippen molar-refractivity contribution in [3.05, 3.63) is 35.6 Å². The van der Waals surface area contributed by atoms with Gasteiger partial charge in [-0.2, -0.15) is 0 Å². The molecule has 0 bridgehead atoms. The molecule has 1 aromatic rings. The normalized spacial score (nSPS) is 21.2. The molecule has 2 atom stereocenters. The van der Waals surface area contributed by atoms with Crippen molar-refractivity contribution >= 4 is 30.3 Å². The van der Waals surface area contributed by atoms with Gasteiger partial charge >= 0.3 is 6.03 Å². The molecule has 0 aromatic heterocycles. The van der Waals surface area contributed by atoms with Gasteiger partial charge in [0.2, 0.25) is 5.91 Å². The fraction of sp³-hybridized carbons (Fsp3) is 0.526. The van der Waals surface area contributed by atoms with E-state index in [9.17, 15) is 18.8 Å². The van der Waals surface area contributed by atoms with Gasteiger partial charge in [0.1, 0.15) is 17.9 Å². The zero-order valence-electron chi connectivity index (χ0n) is 16.5. The van der Waals surface area contributed by atoms with E-state index in [1.807, 2.05) is 20.8 Å². The first kappa shape index (κ1) is 23.8. The average Bonchev–Trinajstić information content (AvgIpc) is 2.78. The molecule has 1 heterocycles. The summed E-state index contributed by atoms with van der Waals surface area (Å²) >= 11 is 0. The number of nitrogens with two attached hydrogens (primary N) is 1. The van der Waals surface area contributed by atoms with Crippen LogP contribution in [0.4, 0.5) is 9.18 Å². The minimum atomic E-state index is -1.35. The van der Waals surface area contributed by atoms with Crippen LogP contribution in [0.1, 0.15) is 39.7 Å². The molecule has 4 N–H and O–H groups in total. The second-order valence-corrected chi connectivity index (χ2v) is 7.86. The maximum Gasteiger partial charge on any atom is 0.325 e. The highest BCUT2D eigenvalue weighted by Gasteiger charge is 2.49. The number of nitrogens with one attached hydrogen (secondary N) is 2. The molecular formula is C19H28ClFN4O3. The van der Waals surface area contributed by atoms with Crippen LogP contribution in [0.25, 0.3) is 0 Å². The fourth-order valence-corrected chi connectivity index (χ4v) is 3.43. The quantitative estimate of drug-likeness (QED) is 0.592. The second-order valence-electron chi connectivity index (χ2n) is 7.86. The van der Waals surface area contributed by atoms with Gasteiger partial charge in [0.05, 0.1) is 0 Å². The predicted molar refractivity (Wildman–Crippen MR) is 106 cm³/mol. The molecule has 0 saturated carbocycles. The van der Waals surface area contributed by atoms with Crippen LogP contribution in [0.5, 0.6) is 0 Å². The van der Waals surface area contributed by atoms with Gasteiger partial charge in [0.15, 0.2) is 0 Å². The summed E-state index contributed by atoms with van der Waals surface area (Å²) in [7, 11) is 0. The van der Waals surface area contributed by atoms with E-state index in [2.05, 4.69) is 10.6 Å². The Balaban J connectivity index is 0.00000392. The largest absolute Gasteiger partial charge is 0.348 e. The number of hydrogen-bond donors (Lipinski definition) is 3. The average molecular weight is 415 g/mol. The molecule has 1 saturated heterocycles. The standard InChI is InChI=1S/C19H27FN4O3.ClH/c1-12(2)9-18(3,11-21)22-15(25)10-24-16(26)19(4,23-17(24)27)13-5-7-14(20)8-6-13;/h5-8,12H,9-11,21H2,1-4H3,(H,22,25)(H,23,27);1H. The van der Waals surface area contributed by atoms with Gasteiger partial charge in [-0.25, -0.2) is 9.18 Å². The van der Waals surface area contributed by atoms with Crippen LogP contribution >= 0.6 is 12.4 Å². The first-order valence-electron chi connectivity index (χ1n) is 8.92. The smallest absolute Gasteiger partial charge is 0.325 e. The lowest BCUT2D eigenvalue weighted by Crippen LogP contribution is -2.55. The van der Waals surface area contributed by atoms with Crippen LogP contribution in [0.15, 0.2) is 24.3 Å². The maximum atomic E-state index is 13.2. The third kappa shape index (κ3) is 4.99. The fourth-order valence-electron chi connectivity index (χ4n) is 3.43. The van der Waals surface area contributed by atoms with Gasteiger partial charge < -0.3 is 16.4 Å². The van der Waals surface area contributed by atoms with Crippen LogP contribution in [0, 0.1) is 11.7 Å². The summed E-state index contributed by atoms with van der Waals surface area (Å²) in [5, 5.41) is 5.42. The Labute approximate surface area is 170 Å². The van der Waals surface area contributed by atoms with Gasteiger partial charge in [0.25, 0.3) is 5.91 Å². The Morgan fingerprint density at radius 3 is 2.39 bits per heavy atom. The summed E-state index contributed by atoms with van der Waals surface area (Å²) in [5.41, 5.74) is 4.27. The number of amides is 4. The third-order valence-corrected chi connectivity index (χ3v) is 4.75. The molecule has 1 aliphatic rings. The van der Waals surface area contributed by atoms with Crippen LogP contribution in [-0.2, 0) is 15.1 Å². The number of nitrogens with zero attached hydrogens (tertiary/aromatic N) is 1. The molecule has 156 valence electrons. The molecule has 4 amide bonds. The summed E-state index contributed by atoms with van der Waals surface area (Å²) in [6, 6.07) is 4.64. The first-order valence-corrected chi connectivity index (χ1v) is 8.92. The number of carbonyl (C=O) groups excluding carboxylic acids is 3. The summed E-state index contributed by atoms with van der Waals surface area (Å²) in [6.07, 6.45) is 0.669. The third-order valence-electron chi connectivity index (χ3n) is 4.75. The van der Waals surface area contributed by atoms with E-state index in [0.717, 1.165) is 4.90 Å². The van der Waals surface area contributed by atoms with E-state index in [-0.39, 0.29) is 19.0 Å². The zero-order chi connectivity index (χ0) is 20.4. The summed E-state index contributed by atoms with van der Waals surface area (Å²) in [5.74, 6) is -1.15. The van der Waals surface area contributed by atoms with Crippen LogP contribution in [-0.4, -0.2) is 41.4 Å². The summed E-state index contributed by atoms with van der Waals surface area (Å²) in [4.78, 5) is 38.4. The van der Waals surface area contributed by atoms with E-state index in [1.165, 1.54) is 31.2 Å². The molecule has 0 radical (unpaired) electrons.